The second kappa shape index (κ2) is 22.6. The smallest absolute Gasteiger partial charge is 0.411 e. The van der Waals surface area contributed by atoms with Crippen LogP contribution in [0.1, 0.15) is 73.7 Å². The number of carbonyl (C=O) groups is 2. The largest absolute Gasteiger partial charge is 0.493 e. The van der Waals surface area contributed by atoms with Crippen LogP contribution >= 0.6 is 0 Å². The Morgan fingerprint density at radius 1 is 0.741 bits per heavy atom. The molecule has 2 amide bonds. The monoisotopic (exact) mass is 795 g/mol. The van der Waals surface area contributed by atoms with Crippen LogP contribution in [-0.4, -0.2) is 95.8 Å². The molecule has 0 spiro atoms. The number of para-hydroxylation sites is 1. The maximum Gasteiger partial charge on any atom is 0.411 e. The van der Waals surface area contributed by atoms with E-state index in [0.29, 0.717) is 36.1 Å². The summed E-state index contributed by atoms with van der Waals surface area (Å²) in [6.07, 6.45) is 10.0. The van der Waals surface area contributed by atoms with Crippen LogP contribution in [0.4, 0.5) is 10.5 Å². The summed E-state index contributed by atoms with van der Waals surface area (Å²) in [7, 11) is 9.00. The van der Waals surface area contributed by atoms with Gasteiger partial charge in [-0.3, -0.25) is 14.6 Å². The van der Waals surface area contributed by atoms with E-state index in [0.717, 1.165) is 71.6 Å². The fraction of sp³-hybridized carbons (Fsp3) is 0.447. The highest BCUT2D eigenvalue weighted by molar-refractivity contribution is 5.95. The van der Waals surface area contributed by atoms with Crippen molar-refractivity contribution in [1.82, 2.24) is 10.2 Å². The van der Waals surface area contributed by atoms with Crippen molar-refractivity contribution >= 4 is 17.7 Å². The molecule has 58 heavy (non-hydrogen) atoms. The first kappa shape index (κ1) is 43.9. The van der Waals surface area contributed by atoms with Crippen LogP contribution in [0, 0.1) is 0 Å². The van der Waals surface area contributed by atoms with Gasteiger partial charge < -0.3 is 33.9 Å². The molecule has 0 bridgehead atoms. The van der Waals surface area contributed by atoms with Crippen LogP contribution in [0.2, 0.25) is 0 Å². The molecular weight excluding hydrogens is 733 g/mol. The second-order valence-corrected chi connectivity index (χ2v) is 15.6. The second-order valence-electron chi connectivity index (χ2n) is 15.6. The van der Waals surface area contributed by atoms with Gasteiger partial charge in [0, 0.05) is 30.8 Å². The van der Waals surface area contributed by atoms with Gasteiger partial charge in [0.2, 0.25) is 12.5 Å². The van der Waals surface area contributed by atoms with Gasteiger partial charge in [-0.25, -0.2) is 4.79 Å². The molecule has 0 saturated carbocycles. The number of methoxy groups -OCH3 is 3. The summed E-state index contributed by atoms with van der Waals surface area (Å²) in [5, 5.41) is 5.93. The molecule has 1 aliphatic rings. The summed E-state index contributed by atoms with van der Waals surface area (Å²) in [5.41, 5.74) is 4.21. The van der Waals surface area contributed by atoms with Crippen LogP contribution < -0.4 is 29.6 Å². The van der Waals surface area contributed by atoms with Crippen LogP contribution in [0.3, 0.4) is 0 Å². The number of benzene rings is 4. The van der Waals surface area contributed by atoms with Crippen LogP contribution in [0.5, 0.6) is 23.0 Å². The molecule has 4 aromatic rings. The van der Waals surface area contributed by atoms with Crippen molar-refractivity contribution in [2.24, 2.45) is 0 Å². The lowest BCUT2D eigenvalue weighted by Crippen LogP contribution is -2.43. The number of ether oxygens (including phenoxy) is 5. The van der Waals surface area contributed by atoms with Gasteiger partial charge in [0.15, 0.2) is 11.5 Å². The number of likely N-dealkylation sites (tertiary alicyclic amines) is 1. The highest BCUT2D eigenvalue weighted by Gasteiger charge is 2.23. The van der Waals surface area contributed by atoms with Crippen LogP contribution in [-0.2, 0) is 11.3 Å². The van der Waals surface area contributed by atoms with E-state index >= 15 is 0 Å². The Balaban J connectivity index is 0.876. The fourth-order valence-corrected chi connectivity index (χ4v) is 7.28. The van der Waals surface area contributed by atoms with Gasteiger partial charge in [-0.15, -0.1) is 0 Å². The molecule has 0 radical (unpaired) electrons. The van der Waals surface area contributed by atoms with Crippen molar-refractivity contribution in [1.29, 1.82) is 0 Å². The van der Waals surface area contributed by atoms with Crippen molar-refractivity contribution < 1.29 is 37.8 Å². The predicted octanol–water partition coefficient (Wildman–Crippen LogP) is 9.17. The number of amides is 2. The molecule has 1 heterocycles. The van der Waals surface area contributed by atoms with Gasteiger partial charge in [0.05, 0.1) is 47.7 Å². The van der Waals surface area contributed by atoms with Crippen molar-refractivity contribution in [3.8, 4) is 34.1 Å². The molecule has 11 nitrogen and oxygen atoms in total. The number of quaternary nitrogens is 1. The number of unbranched alkanes of at least 4 members (excludes halogenated alkanes) is 6. The van der Waals surface area contributed by atoms with Gasteiger partial charge in [0.1, 0.15) is 11.9 Å². The average molecular weight is 796 g/mol. The van der Waals surface area contributed by atoms with Gasteiger partial charge in [-0.1, -0.05) is 86.3 Å². The Morgan fingerprint density at radius 3 is 2.02 bits per heavy atom. The number of anilines is 1. The fourth-order valence-electron chi connectivity index (χ4n) is 7.28. The Kier molecular flexibility index (Phi) is 17.1. The summed E-state index contributed by atoms with van der Waals surface area (Å²) >= 11 is 0. The Hall–Kier alpha value is -5.26. The molecule has 312 valence electrons. The lowest BCUT2D eigenvalue weighted by atomic mass is 10.0. The first-order chi connectivity index (χ1) is 28.2. The first-order valence-electron chi connectivity index (χ1n) is 20.6. The number of carbonyl (C=O) groups excluding carboxylic acids is 2. The van der Waals surface area contributed by atoms with E-state index in [4.69, 9.17) is 23.7 Å². The lowest BCUT2D eigenvalue weighted by Gasteiger charge is -2.31. The maximum absolute atomic E-state index is 12.9. The molecule has 1 fully saturated rings. The molecular formula is C47H63N4O7+. The predicted molar refractivity (Wildman–Crippen MR) is 230 cm³/mol. The molecule has 2 N–H and O–H groups in total. The number of hydrogen-bond acceptors (Lipinski definition) is 8. The Morgan fingerprint density at radius 2 is 1.36 bits per heavy atom. The quantitative estimate of drug-likeness (QED) is 0.0461. The average Bonchev–Trinajstić information content (AvgIpc) is 3.25. The van der Waals surface area contributed by atoms with Crippen molar-refractivity contribution in [2.75, 3.05) is 73.7 Å². The van der Waals surface area contributed by atoms with Gasteiger partial charge in [0.25, 0.3) is 5.91 Å². The molecule has 4 aromatic carbocycles. The zero-order valence-corrected chi connectivity index (χ0v) is 35.1. The number of nitrogens with zero attached hydrogens (tertiary/aromatic N) is 2. The number of rotatable bonds is 22. The molecule has 5 rings (SSSR count). The Labute approximate surface area is 345 Å². The third-order valence-corrected chi connectivity index (χ3v) is 10.7. The molecule has 1 saturated heterocycles. The highest BCUT2D eigenvalue weighted by Crippen LogP contribution is 2.38. The van der Waals surface area contributed by atoms with Gasteiger partial charge in [-0.05, 0) is 80.1 Å². The van der Waals surface area contributed by atoms with E-state index in [1.165, 1.54) is 66.3 Å². The summed E-state index contributed by atoms with van der Waals surface area (Å²) < 4.78 is 28.9. The zero-order valence-electron chi connectivity index (χ0n) is 35.1. The summed E-state index contributed by atoms with van der Waals surface area (Å²) in [4.78, 5) is 28.1. The number of hydrogen-bond donors (Lipinski definition) is 2. The molecule has 0 aromatic heterocycles. The van der Waals surface area contributed by atoms with Crippen LogP contribution in [0.25, 0.3) is 11.1 Å². The highest BCUT2D eigenvalue weighted by atomic mass is 16.6. The molecule has 1 aliphatic heterocycles. The molecule has 0 unspecified atom stereocenters. The number of nitrogens with one attached hydrogen (secondary N) is 2. The third kappa shape index (κ3) is 13.7. The molecule has 11 heteroatoms. The summed E-state index contributed by atoms with van der Waals surface area (Å²) in [6, 6.07) is 29.0. The first-order valence-corrected chi connectivity index (χ1v) is 20.6. The van der Waals surface area contributed by atoms with Gasteiger partial charge in [-0.2, -0.15) is 0 Å². The minimum absolute atomic E-state index is 0.0429. The van der Waals surface area contributed by atoms with Crippen LogP contribution in [0.15, 0.2) is 91.0 Å². The maximum atomic E-state index is 12.9. The van der Waals surface area contributed by atoms with E-state index < -0.39 is 0 Å². The SMILES string of the molecule is COc1cc(C(=O)NCc2ccc(OC[N+](C)(C)CCCCCCCCCN3CCC(OC(=O)Nc4ccccc4-c4ccccc4)CC3)cc2)cc(OC)c1OC. The summed E-state index contributed by atoms with van der Waals surface area (Å²) in [6.45, 7) is 5.10. The standard InChI is InChI=1S/C47H62N4O7/c1-51(2,35-57-39-24-22-36(23-25-39)34-48-46(52)38-32-43(54-3)45(56-5)44(33-38)55-4)31-17-10-8-6-7-9-16-28-50-29-26-40(27-30-50)58-47(53)49-42-21-15-14-20-41(42)37-18-12-11-13-19-37/h11-15,18-25,32-33,40H,6-10,16-17,26-31,34-35H2,1-5H3,(H-,48,49,52,53)/p+1. The topological polar surface area (TPSA) is 108 Å². The number of piperidine rings is 1. The van der Waals surface area contributed by atoms with Crippen molar-refractivity contribution in [3.05, 3.63) is 102 Å². The normalized spacial score (nSPS) is 13.4. The molecule has 0 atom stereocenters. The van der Waals surface area contributed by atoms with E-state index in [2.05, 4.69) is 29.6 Å². The van der Waals surface area contributed by atoms with Gasteiger partial charge >= 0.3 is 6.09 Å². The van der Waals surface area contributed by atoms with E-state index in [9.17, 15) is 9.59 Å². The van der Waals surface area contributed by atoms with E-state index in [-0.39, 0.29) is 18.1 Å². The molecule has 0 aliphatic carbocycles. The minimum Gasteiger partial charge on any atom is -0.493 e. The van der Waals surface area contributed by atoms with Crippen molar-refractivity contribution in [2.45, 2.75) is 70.4 Å². The lowest BCUT2D eigenvalue weighted by molar-refractivity contribution is -0.905. The Bertz CT molecular complexity index is 1840. The van der Waals surface area contributed by atoms with Crippen molar-refractivity contribution in [3.63, 3.8) is 0 Å². The van der Waals surface area contributed by atoms with E-state index in [1.807, 2.05) is 78.9 Å². The van der Waals surface area contributed by atoms with E-state index in [1.54, 1.807) is 12.1 Å². The third-order valence-electron chi connectivity index (χ3n) is 10.7. The zero-order chi connectivity index (χ0) is 41.2. The summed E-state index contributed by atoms with van der Waals surface area (Å²) in [5.74, 6) is 1.88. The minimum atomic E-state index is -0.378.